The number of carbonyl (C=O) groups is 2. The van der Waals surface area contributed by atoms with E-state index in [-0.39, 0.29) is 75.1 Å². The van der Waals surface area contributed by atoms with Gasteiger partial charge in [-0.05, 0) is 13.0 Å². The Bertz CT molecular complexity index is 170. The molecule has 0 aromatic heterocycles. The first-order valence-corrected chi connectivity index (χ1v) is 3.72. The van der Waals surface area contributed by atoms with Gasteiger partial charge in [0.1, 0.15) is 0 Å². The molecule has 0 saturated carbocycles. The molecule has 0 aliphatic rings. The van der Waals surface area contributed by atoms with E-state index in [1.54, 1.807) is 0 Å². The molecule has 5 nitrogen and oxygen atoms in total. The second kappa shape index (κ2) is 12.0. The largest absolute Gasteiger partial charge is 1.00 e. The zero-order chi connectivity index (χ0) is 9.56. The predicted octanol–water partition coefficient (Wildman–Crippen LogP) is -5.90. The summed E-state index contributed by atoms with van der Waals surface area (Å²) in [5.41, 5.74) is 0. The molecular formula is C7H15NNa2O4. The van der Waals surface area contributed by atoms with Gasteiger partial charge in [-0.1, -0.05) is 6.92 Å². The quantitative estimate of drug-likeness (QED) is 0.438. The van der Waals surface area contributed by atoms with Crippen molar-refractivity contribution in [1.29, 1.82) is 0 Å². The number of rotatable bonds is 6. The number of hydrogen-bond donors (Lipinski definition) is 2. The van der Waals surface area contributed by atoms with Gasteiger partial charge >= 0.3 is 71.1 Å². The van der Waals surface area contributed by atoms with Crippen LogP contribution in [0.4, 0.5) is 0 Å². The van der Waals surface area contributed by atoms with Crippen LogP contribution in [0.2, 0.25) is 0 Å². The molecule has 14 heavy (non-hydrogen) atoms. The molecule has 0 atom stereocenters. The molecule has 0 rings (SSSR count). The third-order valence-electron chi connectivity index (χ3n) is 1.26. The van der Waals surface area contributed by atoms with E-state index in [4.69, 9.17) is 10.2 Å². The van der Waals surface area contributed by atoms with Crippen LogP contribution in [0.3, 0.4) is 0 Å². The van der Waals surface area contributed by atoms with E-state index in [0.717, 1.165) is 6.42 Å². The third kappa shape index (κ3) is 12.9. The molecule has 0 spiro atoms. The SMILES string of the molecule is CCCN(CC(=O)O)CC(=O)O.[H-].[H-].[Na+].[Na+]. The van der Waals surface area contributed by atoms with Crippen LogP contribution in [0, 0.1) is 0 Å². The molecule has 2 N–H and O–H groups in total. The van der Waals surface area contributed by atoms with E-state index in [9.17, 15) is 9.59 Å². The Morgan fingerprint density at radius 3 is 1.71 bits per heavy atom. The summed E-state index contributed by atoms with van der Waals surface area (Å²) in [6, 6.07) is 0. The van der Waals surface area contributed by atoms with Gasteiger partial charge in [-0.2, -0.15) is 0 Å². The van der Waals surface area contributed by atoms with Crippen LogP contribution in [-0.4, -0.2) is 46.7 Å². The minimum absolute atomic E-state index is 0. The number of carboxylic acids is 2. The first-order valence-electron chi connectivity index (χ1n) is 3.72. The van der Waals surface area contributed by atoms with E-state index >= 15 is 0 Å². The van der Waals surface area contributed by atoms with Gasteiger partial charge in [0, 0.05) is 0 Å². The summed E-state index contributed by atoms with van der Waals surface area (Å²) < 4.78 is 0. The monoisotopic (exact) mass is 223 g/mol. The molecule has 7 heteroatoms. The van der Waals surface area contributed by atoms with Crippen LogP contribution in [0.15, 0.2) is 0 Å². The van der Waals surface area contributed by atoms with Crippen LogP contribution in [0.5, 0.6) is 0 Å². The molecule has 0 amide bonds. The summed E-state index contributed by atoms with van der Waals surface area (Å²) >= 11 is 0. The van der Waals surface area contributed by atoms with Crippen molar-refractivity contribution in [3.8, 4) is 0 Å². The van der Waals surface area contributed by atoms with Crippen molar-refractivity contribution >= 4 is 11.9 Å². The van der Waals surface area contributed by atoms with Crippen LogP contribution < -0.4 is 59.1 Å². The number of aliphatic carboxylic acids is 2. The third-order valence-corrected chi connectivity index (χ3v) is 1.26. The zero-order valence-electron chi connectivity index (χ0n) is 11.0. The van der Waals surface area contributed by atoms with Crippen molar-refractivity contribution in [2.75, 3.05) is 19.6 Å². The molecule has 0 aromatic rings. The van der Waals surface area contributed by atoms with Gasteiger partial charge in [0.25, 0.3) is 0 Å². The van der Waals surface area contributed by atoms with Crippen molar-refractivity contribution in [3.63, 3.8) is 0 Å². The molecule has 0 aliphatic carbocycles. The minimum Gasteiger partial charge on any atom is -1.00 e. The first-order chi connectivity index (χ1) is 5.56. The van der Waals surface area contributed by atoms with E-state index in [1.807, 2.05) is 6.92 Å². The maximum Gasteiger partial charge on any atom is 1.00 e. The fourth-order valence-electron chi connectivity index (χ4n) is 0.913. The average molecular weight is 223 g/mol. The Balaban J connectivity index is -0.000000101. The van der Waals surface area contributed by atoms with Crippen LogP contribution in [-0.2, 0) is 9.59 Å². The van der Waals surface area contributed by atoms with Gasteiger partial charge in [-0.25, -0.2) is 0 Å². The minimum atomic E-state index is -0.996. The number of hydrogen-bond acceptors (Lipinski definition) is 3. The van der Waals surface area contributed by atoms with Crippen molar-refractivity contribution in [3.05, 3.63) is 0 Å². The molecule has 0 aromatic carbocycles. The van der Waals surface area contributed by atoms with Crippen LogP contribution in [0.1, 0.15) is 16.2 Å². The van der Waals surface area contributed by atoms with Gasteiger partial charge < -0.3 is 13.1 Å². The Hall–Kier alpha value is 0.900. The van der Waals surface area contributed by atoms with Gasteiger partial charge in [-0.3, -0.25) is 14.5 Å². The standard InChI is InChI=1S/C7H13NO4.2Na.2H/c1-2-3-8(4-6(9)10)5-7(11)12;;;;/h2-5H2,1H3,(H,9,10)(H,11,12);;;;/q;2*+1;2*-1. The summed E-state index contributed by atoms with van der Waals surface area (Å²) in [7, 11) is 0. The van der Waals surface area contributed by atoms with Crippen LogP contribution >= 0.6 is 0 Å². The Kier molecular flexibility index (Phi) is 17.4. The van der Waals surface area contributed by atoms with Crippen molar-refractivity contribution in [2.45, 2.75) is 13.3 Å². The van der Waals surface area contributed by atoms with Gasteiger partial charge in [0.05, 0.1) is 13.1 Å². The van der Waals surface area contributed by atoms with Crippen molar-refractivity contribution in [1.82, 2.24) is 4.90 Å². The Labute approximate surface area is 130 Å². The topological polar surface area (TPSA) is 77.8 Å². The Morgan fingerprint density at radius 2 is 1.50 bits per heavy atom. The second-order valence-electron chi connectivity index (χ2n) is 2.50. The molecule has 0 unspecified atom stereocenters. The van der Waals surface area contributed by atoms with E-state index in [2.05, 4.69) is 0 Å². The predicted molar refractivity (Wildman–Crippen MR) is 44.2 cm³/mol. The van der Waals surface area contributed by atoms with E-state index < -0.39 is 11.9 Å². The molecule has 0 heterocycles. The summed E-state index contributed by atoms with van der Waals surface area (Å²) in [6.07, 6.45) is 0.751. The molecule has 0 bridgehead atoms. The molecule has 0 fully saturated rings. The fraction of sp³-hybridized carbons (Fsp3) is 0.714. The first kappa shape index (κ1) is 20.3. The summed E-state index contributed by atoms with van der Waals surface area (Å²) in [4.78, 5) is 21.8. The molecular weight excluding hydrogens is 208 g/mol. The van der Waals surface area contributed by atoms with Gasteiger partial charge in [0.15, 0.2) is 0 Å². The maximum absolute atomic E-state index is 10.2. The summed E-state index contributed by atoms with van der Waals surface area (Å²) in [5.74, 6) is -1.99. The van der Waals surface area contributed by atoms with E-state index in [0.29, 0.717) is 6.54 Å². The molecule has 0 radical (unpaired) electrons. The van der Waals surface area contributed by atoms with E-state index in [1.165, 1.54) is 4.90 Å². The average Bonchev–Trinajstić information content (AvgIpc) is 1.84. The number of nitrogens with zero attached hydrogens (tertiary/aromatic N) is 1. The zero-order valence-corrected chi connectivity index (χ0v) is 13.0. The van der Waals surface area contributed by atoms with Crippen LogP contribution in [0.25, 0.3) is 0 Å². The van der Waals surface area contributed by atoms with Crippen molar-refractivity contribution in [2.24, 2.45) is 0 Å². The maximum atomic E-state index is 10.2. The summed E-state index contributed by atoms with van der Waals surface area (Å²) in [6.45, 7) is 1.95. The second-order valence-corrected chi connectivity index (χ2v) is 2.50. The number of carboxylic acid groups (broad SMARTS) is 2. The van der Waals surface area contributed by atoms with Gasteiger partial charge in [0.2, 0.25) is 0 Å². The molecule has 74 valence electrons. The fourth-order valence-corrected chi connectivity index (χ4v) is 0.913. The smallest absolute Gasteiger partial charge is 1.00 e. The normalized spacial score (nSPS) is 8.71. The summed E-state index contributed by atoms with van der Waals surface area (Å²) in [5, 5.41) is 16.8. The van der Waals surface area contributed by atoms with Crippen molar-refractivity contribution < 1.29 is 81.8 Å². The molecule has 0 saturated heterocycles. The van der Waals surface area contributed by atoms with Gasteiger partial charge in [-0.15, -0.1) is 0 Å². The Morgan fingerprint density at radius 1 is 1.14 bits per heavy atom. The molecule has 0 aliphatic heterocycles.